The molecule has 6 nitrogen and oxygen atoms in total. The Morgan fingerprint density at radius 3 is 2.70 bits per heavy atom. The Labute approximate surface area is 133 Å². The molecule has 0 radical (unpaired) electrons. The van der Waals surface area contributed by atoms with E-state index in [2.05, 4.69) is 26.2 Å². The summed E-state index contributed by atoms with van der Waals surface area (Å²) < 4.78 is 30.5. The van der Waals surface area contributed by atoms with Crippen molar-refractivity contribution < 1.29 is 13.2 Å². The van der Waals surface area contributed by atoms with Gasteiger partial charge in [0.15, 0.2) is 5.75 Å². The number of aromatic nitrogens is 3. The molecule has 0 fully saturated rings. The third kappa shape index (κ3) is 3.63. The van der Waals surface area contributed by atoms with Crippen LogP contribution in [-0.4, -0.2) is 23.4 Å². The molecule has 0 amide bonds. The zero-order chi connectivity index (χ0) is 14.9. The van der Waals surface area contributed by atoms with Crippen molar-refractivity contribution in [2.24, 2.45) is 7.05 Å². The van der Waals surface area contributed by atoms with Crippen LogP contribution in [0, 0.1) is 0 Å². The smallest absolute Gasteiger partial charge is 0.265 e. The van der Waals surface area contributed by atoms with Crippen LogP contribution in [0.5, 0.6) is 5.75 Å². The van der Waals surface area contributed by atoms with Gasteiger partial charge in [0.05, 0.1) is 11.2 Å². The molecule has 20 heavy (non-hydrogen) atoms. The molecule has 0 aliphatic heterocycles. The Bertz CT molecular complexity index is 748. The lowest BCUT2D eigenvalue weighted by atomic mass is 10.3. The highest BCUT2D eigenvalue weighted by Gasteiger charge is 2.21. The van der Waals surface area contributed by atoms with E-state index in [4.69, 9.17) is 27.0 Å². The maximum Gasteiger partial charge on any atom is 0.265 e. The Morgan fingerprint density at radius 1 is 1.45 bits per heavy atom. The monoisotopic (exact) mass is 399 g/mol. The average Bonchev–Trinajstić information content (AvgIpc) is 2.72. The van der Waals surface area contributed by atoms with Gasteiger partial charge >= 0.3 is 0 Å². The maximum absolute atomic E-state index is 11.5. The van der Waals surface area contributed by atoms with Crippen LogP contribution in [0.2, 0.25) is 5.02 Å². The van der Waals surface area contributed by atoms with Gasteiger partial charge in [0, 0.05) is 22.2 Å². The highest BCUT2D eigenvalue weighted by Crippen LogP contribution is 2.37. The zero-order valence-corrected chi connectivity index (χ0v) is 14.0. The van der Waals surface area contributed by atoms with Crippen molar-refractivity contribution in [3.8, 4) is 5.75 Å². The number of halogens is 3. The molecule has 2 aromatic rings. The van der Waals surface area contributed by atoms with Crippen LogP contribution in [0.25, 0.3) is 0 Å². The Balaban J connectivity index is 2.35. The van der Waals surface area contributed by atoms with E-state index in [0.29, 0.717) is 10.2 Å². The first kappa shape index (κ1) is 15.6. The summed E-state index contributed by atoms with van der Waals surface area (Å²) in [5.74, 6) is -0.0180. The lowest BCUT2D eigenvalue weighted by Crippen LogP contribution is -2.02. The molecule has 0 unspecified atom stereocenters. The number of nitrogens with zero attached hydrogens (tertiary/aromatic N) is 3. The molecule has 2 rings (SSSR count). The minimum atomic E-state index is -3.99. The molecule has 0 aliphatic carbocycles. The molecule has 0 bridgehead atoms. The van der Waals surface area contributed by atoms with Crippen molar-refractivity contribution in [3.63, 3.8) is 0 Å². The lowest BCUT2D eigenvalue weighted by molar-refractivity contribution is 0.293. The first-order valence-corrected chi connectivity index (χ1v) is 8.67. The first-order valence-electron chi connectivity index (χ1n) is 5.19. The van der Waals surface area contributed by atoms with E-state index in [9.17, 15) is 8.42 Å². The molecule has 0 aliphatic rings. The van der Waals surface area contributed by atoms with E-state index in [-0.39, 0.29) is 22.3 Å². The number of rotatable bonds is 4. The summed E-state index contributed by atoms with van der Waals surface area (Å²) in [4.78, 5) is -0.206. The number of ether oxygens (including phenoxy) is 1. The SMILES string of the molecule is Cn1cc(COc2c(Cl)cc(Br)cc2S(=O)(=O)Cl)nn1. The molecule has 0 saturated heterocycles. The van der Waals surface area contributed by atoms with Crippen molar-refractivity contribution in [3.05, 3.63) is 33.5 Å². The number of hydrogen-bond donors (Lipinski definition) is 0. The molecule has 0 atom stereocenters. The number of hydrogen-bond acceptors (Lipinski definition) is 5. The largest absolute Gasteiger partial charge is 0.484 e. The summed E-state index contributed by atoms with van der Waals surface area (Å²) in [5, 5.41) is 7.69. The molecule has 1 heterocycles. The Kier molecular flexibility index (Phi) is 4.58. The molecule has 108 valence electrons. The Morgan fingerprint density at radius 2 is 2.15 bits per heavy atom. The van der Waals surface area contributed by atoms with Gasteiger partial charge in [-0.2, -0.15) is 0 Å². The van der Waals surface area contributed by atoms with Gasteiger partial charge in [-0.05, 0) is 12.1 Å². The molecule has 0 N–H and O–H groups in total. The normalized spacial score (nSPS) is 11.6. The molecule has 1 aromatic carbocycles. The second-order valence-corrected chi connectivity index (χ2v) is 7.68. The molecule has 0 saturated carbocycles. The van der Waals surface area contributed by atoms with Crippen LogP contribution in [0.1, 0.15) is 5.69 Å². The average molecular weight is 401 g/mol. The van der Waals surface area contributed by atoms with Crippen LogP contribution in [0.4, 0.5) is 0 Å². The van der Waals surface area contributed by atoms with Crippen molar-refractivity contribution in [2.75, 3.05) is 0 Å². The van der Waals surface area contributed by atoms with Gasteiger partial charge in [-0.1, -0.05) is 32.7 Å². The summed E-state index contributed by atoms with van der Waals surface area (Å²) >= 11 is 9.14. The van der Waals surface area contributed by atoms with Gasteiger partial charge < -0.3 is 4.74 Å². The van der Waals surface area contributed by atoms with Gasteiger partial charge in [0.25, 0.3) is 9.05 Å². The van der Waals surface area contributed by atoms with Gasteiger partial charge in [-0.25, -0.2) is 8.42 Å². The first-order chi connectivity index (χ1) is 9.27. The van der Waals surface area contributed by atoms with Crippen LogP contribution >= 0.6 is 38.2 Å². The second-order valence-electron chi connectivity index (χ2n) is 3.82. The quantitative estimate of drug-likeness (QED) is 0.737. The van der Waals surface area contributed by atoms with Crippen LogP contribution in [0.15, 0.2) is 27.7 Å². The van der Waals surface area contributed by atoms with Gasteiger partial charge in [-0.3, -0.25) is 4.68 Å². The topological polar surface area (TPSA) is 74.1 Å². The molecular weight excluding hydrogens is 393 g/mol. The number of aryl methyl sites for hydroxylation is 1. The minimum absolute atomic E-state index is 0.0180. The molecule has 0 spiro atoms. The fourth-order valence-electron chi connectivity index (χ4n) is 1.47. The van der Waals surface area contributed by atoms with E-state index >= 15 is 0 Å². The van der Waals surface area contributed by atoms with Crippen molar-refractivity contribution in [1.82, 2.24) is 15.0 Å². The van der Waals surface area contributed by atoms with Crippen LogP contribution in [-0.2, 0) is 22.7 Å². The predicted molar refractivity (Wildman–Crippen MR) is 77.5 cm³/mol. The molecule has 1 aromatic heterocycles. The zero-order valence-electron chi connectivity index (χ0n) is 10.0. The van der Waals surface area contributed by atoms with Crippen molar-refractivity contribution >= 4 is 47.3 Å². The van der Waals surface area contributed by atoms with E-state index in [0.717, 1.165) is 0 Å². The van der Waals surface area contributed by atoms with Gasteiger partial charge in [-0.15, -0.1) is 5.10 Å². The number of benzene rings is 1. The fraction of sp³-hybridized carbons (Fsp3) is 0.200. The predicted octanol–water partition coefficient (Wildman–Crippen LogP) is 2.74. The summed E-state index contributed by atoms with van der Waals surface area (Å²) in [6, 6.07) is 2.83. The minimum Gasteiger partial charge on any atom is -0.484 e. The van der Waals surface area contributed by atoms with E-state index in [1.165, 1.54) is 16.8 Å². The maximum atomic E-state index is 11.5. The Hall–Kier alpha value is -0.830. The molecule has 10 heteroatoms. The lowest BCUT2D eigenvalue weighted by Gasteiger charge is -2.10. The summed E-state index contributed by atoms with van der Waals surface area (Å²) in [6.07, 6.45) is 1.64. The summed E-state index contributed by atoms with van der Waals surface area (Å²) in [5.41, 5.74) is 0.532. The summed E-state index contributed by atoms with van der Waals surface area (Å²) in [6.45, 7) is 0.0224. The van der Waals surface area contributed by atoms with E-state index in [1.807, 2.05) is 0 Å². The fourth-order valence-corrected chi connectivity index (χ4v) is 3.54. The molecular formula is C10H8BrCl2N3O3S. The standard InChI is InChI=1S/C10H8BrCl2N3O3S/c1-16-4-7(14-15-16)5-19-10-8(12)2-6(11)3-9(10)20(13,17)18/h2-4H,5H2,1H3. The van der Waals surface area contributed by atoms with E-state index in [1.54, 1.807) is 13.2 Å². The van der Waals surface area contributed by atoms with Crippen molar-refractivity contribution in [2.45, 2.75) is 11.5 Å². The highest BCUT2D eigenvalue weighted by molar-refractivity contribution is 9.10. The third-order valence-electron chi connectivity index (χ3n) is 2.25. The summed E-state index contributed by atoms with van der Waals surface area (Å²) in [7, 11) is 3.09. The van der Waals surface area contributed by atoms with Crippen molar-refractivity contribution in [1.29, 1.82) is 0 Å². The van der Waals surface area contributed by atoms with E-state index < -0.39 is 9.05 Å². The van der Waals surface area contributed by atoms with Gasteiger partial charge in [0.2, 0.25) is 0 Å². The van der Waals surface area contributed by atoms with Crippen LogP contribution in [0.3, 0.4) is 0 Å². The second kappa shape index (κ2) is 5.88. The van der Waals surface area contributed by atoms with Crippen LogP contribution < -0.4 is 4.74 Å². The van der Waals surface area contributed by atoms with Gasteiger partial charge in [0.1, 0.15) is 17.2 Å². The highest BCUT2D eigenvalue weighted by atomic mass is 79.9. The third-order valence-corrected chi connectivity index (χ3v) is 4.32.